The molecule has 0 saturated carbocycles. The summed E-state index contributed by atoms with van der Waals surface area (Å²) in [6, 6.07) is 12.8. The average molecular weight is 311 g/mol. The smallest absolute Gasteiger partial charge is 0.277 e. The fourth-order valence-corrected chi connectivity index (χ4v) is 2.67. The number of thioether (sulfide) groups is 1. The van der Waals surface area contributed by atoms with E-state index < -0.39 is 0 Å². The van der Waals surface area contributed by atoms with Gasteiger partial charge in [0.1, 0.15) is 0 Å². The normalized spacial score (nSPS) is 12.0. The Morgan fingerprint density at radius 1 is 1.14 bits per heavy atom. The fourth-order valence-electron chi connectivity index (χ4n) is 1.91. The van der Waals surface area contributed by atoms with Crippen LogP contribution in [0.3, 0.4) is 0 Å². The summed E-state index contributed by atoms with van der Waals surface area (Å²) in [5, 5.41) is 8.03. The van der Waals surface area contributed by atoms with Gasteiger partial charge in [0, 0.05) is 18.0 Å². The minimum Gasteiger partial charge on any atom is -0.411 e. The number of nitrogens with zero attached hydrogens (tertiary/aromatic N) is 3. The first kappa shape index (κ1) is 14.5. The number of benzene rings is 1. The molecule has 1 atom stereocenters. The second kappa shape index (κ2) is 6.53. The van der Waals surface area contributed by atoms with E-state index in [0.717, 1.165) is 5.56 Å². The van der Waals surface area contributed by atoms with Crippen molar-refractivity contribution in [3.8, 4) is 11.5 Å². The van der Waals surface area contributed by atoms with Crippen LogP contribution in [-0.4, -0.2) is 26.2 Å². The molecule has 3 aromatic rings. The Morgan fingerprint density at radius 2 is 1.95 bits per heavy atom. The highest BCUT2D eigenvalue weighted by molar-refractivity contribution is 8.00. The van der Waals surface area contributed by atoms with Gasteiger partial charge in [-0.1, -0.05) is 42.1 Å². The number of rotatable bonds is 5. The van der Waals surface area contributed by atoms with Gasteiger partial charge in [0.25, 0.3) is 5.22 Å². The molecule has 0 bridgehead atoms. The zero-order chi connectivity index (χ0) is 15.4. The van der Waals surface area contributed by atoms with Crippen LogP contribution >= 0.6 is 11.8 Å². The van der Waals surface area contributed by atoms with Crippen LogP contribution in [0.25, 0.3) is 11.5 Å². The van der Waals surface area contributed by atoms with Gasteiger partial charge in [0.2, 0.25) is 5.89 Å². The summed E-state index contributed by atoms with van der Waals surface area (Å²) in [6.07, 6.45) is 3.33. The van der Waals surface area contributed by atoms with Gasteiger partial charge in [-0.15, -0.1) is 10.2 Å². The van der Waals surface area contributed by atoms with E-state index in [9.17, 15) is 4.79 Å². The lowest BCUT2D eigenvalue weighted by Gasteiger charge is -2.06. The summed E-state index contributed by atoms with van der Waals surface area (Å²) in [4.78, 5) is 16.3. The molecule has 1 aromatic carbocycles. The van der Waals surface area contributed by atoms with Crippen LogP contribution in [0.1, 0.15) is 17.3 Å². The Morgan fingerprint density at radius 3 is 2.68 bits per heavy atom. The molecule has 0 amide bonds. The Labute approximate surface area is 131 Å². The number of carbonyl (C=O) groups is 1. The van der Waals surface area contributed by atoms with Crippen molar-refractivity contribution in [1.29, 1.82) is 0 Å². The van der Waals surface area contributed by atoms with Crippen LogP contribution in [0.2, 0.25) is 0 Å². The average Bonchev–Trinajstić information content (AvgIpc) is 3.04. The van der Waals surface area contributed by atoms with Crippen molar-refractivity contribution in [2.75, 3.05) is 0 Å². The van der Waals surface area contributed by atoms with Crippen LogP contribution < -0.4 is 0 Å². The van der Waals surface area contributed by atoms with Crippen LogP contribution in [0, 0.1) is 0 Å². The molecule has 6 heteroatoms. The second-order valence-electron chi connectivity index (χ2n) is 4.61. The monoisotopic (exact) mass is 311 g/mol. The van der Waals surface area contributed by atoms with Crippen molar-refractivity contribution in [2.45, 2.75) is 17.4 Å². The lowest BCUT2D eigenvalue weighted by Crippen LogP contribution is -2.13. The van der Waals surface area contributed by atoms with Crippen molar-refractivity contribution in [3.63, 3.8) is 0 Å². The molecule has 2 heterocycles. The molecule has 0 unspecified atom stereocenters. The predicted molar refractivity (Wildman–Crippen MR) is 83.6 cm³/mol. The van der Waals surface area contributed by atoms with Gasteiger partial charge >= 0.3 is 0 Å². The first-order chi connectivity index (χ1) is 10.7. The number of hydrogen-bond acceptors (Lipinski definition) is 6. The van der Waals surface area contributed by atoms with Gasteiger partial charge in [-0.2, -0.15) is 0 Å². The van der Waals surface area contributed by atoms with Crippen molar-refractivity contribution >= 4 is 17.5 Å². The Hall–Kier alpha value is -2.47. The van der Waals surface area contributed by atoms with Crippen molar-refractivity contribution < 1.29 is 9.21 Å². The molecule has 0 spiro atoms. The highest BCUT2D eigenvalue weighted by Gasteiger charge is 2.19. The SMILES string of the molecule is C[C@H](Sc1nnc(-c2cccnc2)o1)C(=O)c1ccccc1. The van der Waals surface area contributed by atoms with Gasteiger partial charge in [-0.25, -0.2) is 0 Å². The van der Waals surface area contributed by atoms with E-state index in [1.54, 1.807) is 30.6 Å². The maximum atomic E-state index is 12.3. The summed E-state index contributed by atoms with van der Waals surface area (Å²) < 4.78 is 5.57. The van der Waals surface area contributed by atoms with E-state index in [0.29, 0.717) is 16.7 Å². The summed E-state index contributed by atoms with van der Waals surface area (Å²) in [5.41, 5.74) is 1.43. The molecule has 0 radical (unpaired) electrons. The van der Waals surface area contributed by atoms with Gasteiger partial charge in [-0.05, 0) is 19.1 Å². The predicted octanol–water partition coefficient (Wildman–Crippen LogP) is 3.50. The van der Waals surface area contributed by atoms with Gasteiger partial charge in [0.05, 0.1) is 10.8 Å². The molecular formula is C16H13N3O2S. The van der Waals surface area contributed by atoms with Crippen LogP contribution in [0.15, 0.2) is 64.5 Å². The van der Waals surface area contributed by atoms with E-state index in [-0.39, 0.29) is 11.0 Å². The minimum atomic E-state index is -0.301. The lowest BCUT2D eigenvalue weighted by atomic mass is 10.1. The van der Waals surface area contributed by atoms with E-state index in [1.165, 1.54) is 11.8 Å². The third-order valence-electron chi connectivity index (χ3n) is 3.02. The minimum absolute atomic E-state index is 0.0340. The number of Topliss-reactive ketones (excluding diaryl/α,β-unsaturated/α-hetero) is 1. The molecule has 0 aliphatic carbocycles. The van der Waals surface area contributed by atoms with E-state index in [1.807, 2.05) is 31.2 Å². The molecule has 5 nitrogen and oxygen atoms in total. The molecule has 2 aromatic heterocycles. The van der Waals surface area contributed by atoms with Crippen LogP contribution in [-0.2, 0) is 0 Å². The van der Waals surface area contributed by atoms with Gasteiger partial charge < -0.3 is 4.42 Å². The largest absolute Gasteiger partial charge is 0.411 e. The molecule has 0 aliphatic heterocycles. The third kappa shape index (κ3) is 3.23. The lowest BCUT2D eigenvalue weighted by molar-refractivity contribution is 0.0993. The summed E-state index contributed by atoms with van der Waals surface area (Å²) in [6.45, 7) is 1.83. The Balaban J connectivity index is 1.71. The number of hydrogen-bond donors (Lipinski definition) is 0. The van der Waals surface area contributed by atoms with E-state index in [4.69, 9.17) is 4.42 Å². The van der Waals surface area contributed by atoms with Crippen molar-refractivity contribution in [1.82, 2.24) is 15.2 Å². The number of pyridine rings is 1. The van der Waals surface area contributed by atoms with Gasteiger partial charge in [-0.3, -0.25) is 9.78 Å². The molecule has 0 fully saturated rings. The summed E-state index contributed by atoms with van der Waals surface area (Å²) in [5.74, 6) is 0.432. The highest BCUT2D eigenvalue weighted by atomic mass is 32.2. The van der Waals surface area contributed by atoms with E-state index in [2.05, 4.69) is 15.2 Å². The highest BCUT2D eigenvalue weighted by Crippen LogP contribution is 2.27. The summed E-state index contributed by atoms with van der Waals surface area (Å²) >= 11 is 1.25. The Kier molecular flexibility index (Phi) is 4.29. The zero-order valence-corrected chi connectivity index (χ0v) is 12.7. The van der Waals surface area contributed by atoms with Crippen LogP contribution in [0.4, 0.5) is 0 Å². The second-order valence-corrected chi connectivity index (χ2v) is 5.90. The maximum absolute atomic E-state index is 12.3. The molecule has 22 heavy (non-hydrogen) atoms. The number of aromatic nitrogens is 3. The fraction of sp³-hybridized carbons (Fsp3) is 0.125. The molecule has 0 N–H and O–H groups in total. The summed E-state index contributed by atoms with van der Waals surface area (Å²) in [7, 11) is 0. The number of ketones is 1. The van der Waals surface area contributed by atoms with Crippen molar-refractivity contribution in [2.24, 2.45) is 0 Å². The first-order valence-corrected chi connectivity index (χ1v) is 7.62. The maximum Gasteiger partial charge on any atom is 0.277 e. The molecule has 0 saturated heterocycles. The van der Waals surface area contributed by atoms with Crippen molar-refractivity contribution in [3.05, 3.63) is 60.4 Å². The Bertz CT molecular complexity index is 759. The molecule has 3 rings (SSSR count). The molecule has 110 valence electrons. The van der Waals surface area contributed by atoms with Gasteiger partial charge in [0.15, 0.2) is 5.78 Å². The zero-order valence-electron chi connectivity index (χ0n) is 11.8. The van der Waals surface area contributed by atoms with E-state index >= 15 is 0 Å². The van der Waals surface area contributed by atoms with Crippen LogP contribution in [0.5, 0.6) is 0 Å². The molecular weight excluding hydrogens is 298 g/mol. The topological polar surface area (TPSA) is 68.9 Å². The quantitative estimate of drug-likeness (QED) is 0.530. The number of carbonyl (C=O) groups excluding carboxylic acids is 1. The standard InChI is InChI=1S/C16H13N3O2S/c1-11(14(20)12-6-3-2-4-7-12)22-16-19-18-15(21-16)13-8-5-9-17-10-13/h2-11H,1H3/t11-/m0/s1. The third-order valence-corrected chi connectivity index (χ3v) is 3.95. The molecule has 0 aliphatic rings. The first-order valence-electron chi connectivity index (χ1n) is 6.74.